The van der Waals surface area contributed by atoms with Gasteiger partial charge in [0.1, 0.15) is 13.2 Å². The van der Waals surface area contributed by atoms with Crippen LogP contribution >= 0.6 is 11.6 Å². The highest BCUT2D eigenvalue weighted by molar-refractivity contribution is 6.31. The van der Waals surface area contributed by atoms with Gasteiger partial charge in [-0.25, -0.2) is 0 Å². The Morgan fingerprint density at radius 1 is 1.10 bits per heavy atom. The smallest absolute Gasteiger partial charge is 0.237 e. The van der Waals surface area contributed by atoms with Crippen molar-refractivity contribution < 1.29 is 19.1 Å². The monoisotopic (exact) mass is 442 g/mol. The molecule has 1 atom stereocenters. The van der Waals surface area contributed by atoms with Gasteiger partial charge in [0.15, 0.2) is 17.3 Å². The van der Waals surface area contributed by atoms with E-state index in [1.165, 1.54) is 0 Å². The number of Topliss-reactive ketones (excluding diaryl/α,β-unsaturated/α-hetero) is 1. The van der Waals surface area contributed by atoms with Crippen LogP contribution in [-0.2, 0) is 11.3 Å². The van der Waals surface area contributed by atoms with Crippen LogP contribution in [0.1, 0.15) is 35.7 Å². The number of halogens is 1. The number of piperidine rings is 1. The van der Waals surface area contributed by atoms with Crippen LogP contribution in [0, 0.1) is 5.92 Å². The molecule has 1 saturated heterocycles. The largest absolute Gasteiger partial charge is 0.486 e. The number of ketones is 1. The SMILES string of the molecule is C[C@H](C(=O)NCc1ccccc1Cl)N1CCC(C(=O)c2ccc3c(c2)OCCO3)CC1. The normalized spacial score (nSPS) is 17.7. The summed E-state index contributed by atoms with van der Waals surface area (Å²) >= 11 is 6.16. The number of ether oxygens (including phenoxy) is 2. The van der Waals surface area contributed by atoms with Crippen LogP contribution in [0.15, 0.2) is 42.5 Å². The molecule has 7 heteroatoms. The average molecular weight is 443 g/mol. The molecule has 0 aromatic heterocycles. The maximum absolute atomic E-state index is 13.0. The van der Waals surface area contributed by atoms with Crippen molar-refractivity contribution in [3.8, 4) is 11.5 Å². The lowest BCUT2D eigenvalue weighted by molar-refractivity contribution is -0.126. The minimum atomic E-state index is -0.257. The minimum Gasteiger partial charge on any atom is -0.486 e. The molecule has 2 heterocycles. The summed E-state index contributed by atoms with van der Waals surface area (Å²) in [6.07, 6.45) is 1.46. The van der Waals surface area contributed by atoms with Crippen LogP contribution < -0.4 is 14.8 Å². The van der Waals surface area contributed by atoms with Crippen molar-refractivity contribution in [1.82, 2.24) is 10.2 Å². The highest BCUT2D eigenvalue weighted by atomic mass is 35.5. The lowest BCUT2D eigenvalue weighted by atomic mass is 9.88. The van der Waals surface area contributed by atoms with Gasteiger partial charge in [-0.2, -0.15) is 0 Å². The van der Waals surface area contributed by atoms with Crippen molar-refractivity contribution in [3.63, 3.8) is 0 Å². The second-order valence-corrected chi connectivity index (χ2v) is 8.43. The molecular weight excluding hydrogens is 416 g/mol. The molecule has 0 spiro atoms. The number of nitrogens with one attached hydrogen (secondary N) is 1. The summed E-state index contributed by atoms with van der Waals surface area (Å²) in [7, 11) is 0. The van der Waals surface area contributed by atoms with Gasteiger partial charge in [0.25, 0.3) is 0 Å². The van der Waals surface area contributed by atoms with E-state index in [1.807, 2.05) is 43.3 Å². The molecule has 0 unspecified atom stereocenters. The Kier molecular flexibility index (Phi) is 6.78. The van der Waals surface area contributed by atoms with Gasteiger partial charge < -0.3 is 14.8 Å². The number of benzene rings is 2. The Labute approximate surface area is 187 Å². The zero-order valence-corrected chi connectivity index (χ0v) is 18.4. The van der Waals surface area contributed by atoms with E-state index in [1.54, 1.807) is 6.07 Å². The minimum absolute atomic E-state index is 0.0310. The van der Waals surface area contributed by atoms with E-state index in [9.17, 15) is 9.59 Å². The fraction of sp³-hybridized carbons (Fsp3) is 0.417. The Bertz CT molecular complexity index is 956. The van der Waals surface area contributed by atoms with E-state index in [-0.39, 0.29) is 23.7 Å². The molecule has 0 aliphatic carbocycles. The molecule has 1 N–H and O–H groups in total. The molecule has 4 rings (SSSR count). The number of fused-ring (bicyclic) bond motifs is 1. The summed E-state index contributed by atoms with van der Waals surface area (Å²) in [5.41, 5.74) is 1.56. The molecule has 164 valence electrons. The zero-order chi connectivity index (χ0) is 21.8. The maximum atomic E-state index is 13.0. The lowest BCUT2D eigenvalue weighted by Gasteiger charge is -2.34. The fourth-order valence-electron chi connectivity index (χ4n) is 4.12. The summed E-state index contributed by atoms with van der Waals surface area (Å²) in [5, 5.41) is 3.62. The molecule has 6 nitrogen and oxygen atoms in total. The highest BCUT2D eigenvalue weighted by Gasteiger charge is 2.30. The van der Waals surface area contributed by atoms with Gasteiger partial charge in [0.05, 0.1) is 6.04 Å². The predicted molar refractivity (Wildman–Crippen MR) is 119 cm³/mol. The molecule has 1 amide bonds. The lowest BCUT2D eigenvalue weighted by Crippen LogP contribution is -2.48. The molecule has 1 fully saturated rings. The summed E-state index contributed by atoms with van der Waals surface area (Å²) in [4.78, 5) is 27.7. The molecule has 2 aromatic rings. The van der Waals surface area contributed by atoms with E-state index < -0.39 is 0 Å². The van der Waals surface area contributed by atoms with Gasteiger partial charge in [-0.1, -0.05) is 29.8 Å². The first kappa shape index (κ1) is 21.7. The number of hydrogen-bond donors (Lipinski definition) is 1. The van der Waals surface area contributed by atoms with Crippen molar-refractivity contribution in [3.05, 3.63) is 58.6 Å². The molecule has 0 saturated carbocycles. The summed E-state index contributed by atoms with van der Waals surface area (Å²) in [5.74, 6) is 1.38. The fourth-order valence-corrected chi connectivity index (χ4v) is 4.32. The third-order valence-electron chi connectivity index (χ3n) is 6.07. The van der Waals surface area contributed by atoms with Gasteiger partial charge in [0, 0.05) is 23.0 Å². The Hall–Kier alpha value is -2.57. The maximum Gasteiger partial charge on any atom is 0.237 e. The number of carbonyl (C=O) groups excluding carboxylic acids is 2. The third-order valence-corrected chi connectivity index (χ3v) is 6.43. The van der Waals surface area contributed by atoms with Crippen LogP contribution in [-0.4, -0.2) is 48.9 Å². The van der Waals surface area contributed by atoms with Crippen molar-refractivity contribution in [2.45, 2.75) is 32.4 Å². The van der Waals surface area contributed by atoms with Gasteiger partial charge in [-0.05, 0) is 62.7 Å². The predicted octanol–water partition coefficient (Wildman–Crippen LogP) is 3.71. The van der Waals surface area contributed by atoms with E-state index in [0.717, 1.165) is 18.4 Å². The number of amides is 1. The van der Waals surface area contributed by atoms with E-state index in [4.69, 9.17) is 21.1 Å². The van der Waals surface area contributed by atoms with Gasteiger partial charge >= 0.3 is 0 Å². The van der Waals surface area contributed by atoms with Gasteiger partial charge in [-0.3, -0.25) is 14.5 Å². The molecule has 31 heavy (non-hydrogen) atoms. The first-order valence-electron chi connectivity index (χ1n) is 10.7. The topological polar surface area (TPSA) is 67.9 Å². The Morgan fingerprint density at radius 2 is 1.81 bits per heavy atom. The molecular formula is C24H27ClN2O4. The van der Waals surface area contributed by atoms with Crippen molar-refractivity contribution in [2.24, 2.45) is 5.92 Å². The van der Waals surface area contributed by atoms with Crippen molar-refractivity contribution >= 4 is 23.3 Å². The molecule has 0 bridgehead atoms. The standard InChI is InChI=1S/C24H27ClN2O4/c1-16(24(29)26-15-19-4-2-3-5-20(19)25)27-10-8-17(9-11-27)23(28)18-6-7-21-22(14-18)31-13-12-30-21/h2-7,14,16-17H,8-13,15H2,1H3,(H,26,29)/t16-/m1/s1. The van der Waals surface area contributed by atoms with Crippen LogP contribution in [0.3, 0.4) is 0 Å². The third kappa shape index (κ3) is 5.02. The van der Waals surface area contributed by atoms with Crippen LogP contribution in [0.4, 0.5) is 0 Å². The number of carbonyl (C=O) groups is 2. The van der Waals surface area contributed by atoms with E-state index >= 15 is 0 Å². The second kappa shape index (κ2) is 9.71. The number of nitrogens with zero attached hydrogens (tertiary/aromatic N) is 1. The first-order chi connectivity index (χ1) is 15.0. The van der Waals surface area contributed by atoms with Crippen LogP contribution in [0.5, 0.6) is 11.5 Å². The van der Waals surface area contributed by atoms with Crippen LogP contribution in [0.2, 0.25) is 5.02 Å². The summed E-state index contributed by atoms with van der Waals surface area (Å²) in [6.45, 7) is 4.76. The van der Waals surface area contributed by atoms with Crippen LogP contribution in [0.25, 0.3) is 0 Å². The number of rotatable bonds is 6. The van der Waals surface area contributed by atoms with E-state index in [2.05, 4.69) is 10.2 Å². The van der Waals surface area contributed by atoms with Gasteiger partial charge in [0.2, 0.25) is 5.91 Å². The average Bonchev–Trinajstić information content (AvgIpc) is 2.82. The number of likely N-dealkylation sites (tertiary alicyclic amines) is 1. The summed E-state index contributed by atoms with van der Waals surface area (Å²) in [6, 6.07) is 12.6. The van der Waals surface area contributed by atoms with Crippen molar-refractivity contribution in [1.29, 1.82) is 0 Å². The molecule has 2 aromatic carbocycles. The van der Waals surface area contributed by atoms with Crippen molar-refractivity contribution in [2.75, 3.05) is 26.3 Å². The Balaban J connectivity index is 1.29. The summed E-state index contributed by atoms with van der Waals surface area (Å²) < 4.78 is 11.1. The second-order valence-electron chi connectivity index (χ2n) is 8.02. The first-order valence-corrected chi connectivity index (χ1v) is 11.1. The number of hydrogen-bond acceptors (Lipinski definition) is 5. The Morgan fingerprint density at radius 3 is 2.55 bits per heavy atom. The zero-order valence-electron chi connectivity index (χ0n) is 17.6. The molecule has 0 radical (unpaired) electrons. The molecule has 2 aliphatic heterocycles. The van der Waals surface area contributed by atoms with E-state index in [0.29, 0.717) is 54.9 Å². The highest BCUT2D eigenvalue weighted by Crippen LogP contribution is 2.32. The molecule has 2 aliphatic rings. The quantitative estimate of drug-likeness (QED) is 0.691. The van der Waals surface area contributed by atoms with Gasteiger partial charge in [-0.15, -0.1) is 0 Å².